The average Bonchev–Trinajstić information content (AvgIpc) is 2.46. The van der Waals surface area contributed by atoms with Gasteiger partial charge in [-0.3, -0.25) is 10.1 Å². The Hall–Kier alpha value is -2.08. The van der Waals surface area contributed by atoms with Gasteiger partial charge in [0.2, 0.25) is 0 Å². The Morgan fingerprint density at radius 1 is 1.26 bits per heavy atom. The van der Waals surface area contributed by atoms with Gasteiger partial charge >= 0.3 is 0 Å². The zero-order valence-corrected chi connectivity index (χ0v) is 11.2. The van der Waals surface area contributed by atoms with Gasteiger partial charge in [0.15, 0.2) is 0 Å². The van der Waals surface area contributed by atoms with Crippen molar-refractivity contribution in [2.24, 2.45) is 0 Å². The summed E-state index contributed by atoms with van der Waals surface area (Å²) < 4.78 is 0. The van der Waals surface area contributed by atoms with Crippen molar-refractivity contribution in [3.05, 3.63) is 58.3 Å². The molecule has 0 saturated heterocycles. The summed E-state index contributed by atoms with van der Waals surface area (Å²) in [5, 5.41) is 13.5. The molecule has 1 aromatic heterocycles. The van der Waals surface area contributed by atoms with Crippen LogP contribution in [0.25, 0.3) is 0 Å². The van der Waals surface area contributed by atoms with Crippen molar-refractivity contribution in [1.82, 2.24) is 4.98 Å². The molecule has 0 bridgehead atoms. The number of anilines is 1. The van der Waals surface area contributed by atoms with E-state index in [2.05, 4.69) is 10.3 Å². The number of nitro groups is 1. The van der Waals surface area contributed by atoms with Crippen LogP contribution in [0.4, 0.5) is 11.5 Å². The summed E-state index contributed by atoms with van der Waals surface area (Å²) in [6.07, 6.45) is 1.82. The van der Waals surface area contributed by atoms with E-state index in [0.29, 0.717) is 0 Å². The van der Waals surface area contributed by atoms with Crippen LogP contribution in [0.3, 0.4) is 0 Å². The van der Waals surface area contributed by atoms with Gasteiger partial charge in [-0.15, -0.1) is 11.8 Å². The van der Waals surface area contributed by atoms with Crippen molar-refractivity contribution < 1.29 is 4.92 Å². The highest BCUT2D eigenvalue weighted by Crippen LogP contribution is 2.24. The second-order valence-corrected chi connectivity index (χ2v) is 4.89. The molecule has 2 rings (SSSR count). The molecule has 2 aromatic rings. The van der Waals surface area contributed by atoms with E-state index >= 15 is 0 Å². The first-order valence-corrected chi connectivity index (χ1v) is 6.67. The van der Waals surface area contributed by atoms with Gasteiger partial charge in [-0.25, -0.2) is 4.98 Å². The van der Waals surface area contributed by atoms with Crippen molar-refractivity contribution in [2.45, 2.75) is 10.6 Å². The Morgan fingerprint density at radius 2 is 2.00 bits per heavy atom. The minimum absolute atomic E-state index is 0.115. The first-order valence-electron chi connectivity index (χ1n) is 5.69. The molecule has 98 valence electrons. The molecule has 0 fully saturated rings. The Kier molecular flexibility index (Phi) is 4.35. The summed E-state index contributed by atoms with van der Waals surface area (Å²) in [5.41, 5.74) is 1.23. The topological polar surface area (TPSA) is 68.1 Å². The lowest BCUT2D eigenvalue weighted by atomic mass is 10.3. The molecular formula is C13H13N3O2S. The Balaban J connectivity index is 1.95. The number of rotatable bonds is 5. The number of pyridine rings is 1. The van der Waals surface area contributed by atoms with Crippen molar-refractivity contribution in [2.75, 3.05) is 12.4 Å². The van der Waals surface area contributed by atoms with E-state index in [1.54, 1.807) is 23.9 Å². The molecule has 0 saturated carbocycles. The fourth-order valence-corrected chi connectivity index (χ4v) is 2.32. The number of hydrogen-bond donors (Lipinski definition) is 1. The Labute approximate surface area is 115 Å². The van der Waals surface area contributed by atoms with Gasteiger partial charge in [-0.05, 0) is 23.8 Å². The summed E-state index contributed by atoms with van der Waals surface area (Å²) in [5.74, 6) is 1.62. The quantitative estimate of drug-likeness (QED) is 0.515. The number of nitrogens with one attached hydrogen (secondary N) is 1. The van der Waals surface area contributed by atoms with Crippen molar-refractivity contribution >= 4 is 23.3 Å². The maximum atomic E-state index is 10.5. The molecule has 0 aliphatic heterocycles. The van der Waals surface area contributed by atoms with Crippen LogP contribution in [-0.2, 0) is 5.75 Å². The van der Waals surface area contributed by atoms with Crippen LogP contribution >= 0.6 is 11.8 Å². The third-order valence-corrected chi connectivity index (χ3v) is 3.62. The molecule has 0 amide bonds. The average molecular weight is 275 g/mol. The van der Waals surface area contributed by atoms with Gasteiger partial charge in [0, 0.05) is 36.0 Å². The van der Waals surface area contributed by atoms with Crippen molar-refractivity contribution in [3.8, 4) is 0 Å². The lowest BCUT2D eigenvalue weighted by molar-refractivity contribution is -0.384. The highest BCUT2D eigenvalue weighted by atomic mass is 32.2. The molecule has 6 heteroatoms. The maximum Gasteiger partial charge on any atom is 0.269 e. The summed E-state index contributed by atoms with van der Waals surface area (Å²) in [6, 6.07) is 10.5. The van der Waals surface area contributed by atoms with Gasteiger partial charge in [0.25, 0.3) is 5.69 Å². The summed E-state index contributed by atoms with van der Waals surface area (Å²) in [6.45, 7) is 0. The molecule has 1 N–H and O–H groups in total. The SMILES string of the molecule is CNc1ccc(CSc2ccc([N+](=O)[O-])cc2)cn1. The van der Waals surface area contributed by atoms with Crippen LogP contribution in [0.15, 0.2) is 47.5 Å². The molecule has 0 unspecified atom stereocenters. The Bertz CT molecular complexity index is 555. The van der Waals surface area contributed by atoms with Crippen LogP contribution in [0, 0.1) is 10.1 Å². The summed E-state index contributed by atoms with van der Waals surface area (Å²) in [4.78, 5) is 15.4. The van der Waals surface area contributed by atoms with Crippen LogP contribution in [-0.4, -0.2) is 17.0 Å². The molecule has 1 aromatic carbocycles. The van der Waals surface area contributed by atoms with Gasteiger partial charge in [-0.2, -0.15) is 0 Å². The second-order valence-electron chi connectivity index (χ2n) is 3.84. The Morgan fingerprint density at radius 3 is 2.53 bits per heavy atom. The van der Waals surface area contributed by atoms with E-state index < -0.39 is 4.92 Å². The smallest absolute Gasteiger partial charge is 0.269 e. The number of nitrogens with zero attached hydrogens (tertiary/aromatic N) is 2. The van der Waals surface area contributed by atoms with E-state index in [-0.39, 0.29) is 5.69 Å². The molecular weight excluding hydrogens is 262 g/mol. The zero-order chi connectivity index (χ0) is 13.7. The number of benzene rings is 1. The maximum absolute atomic E-state index is 10.5. The fourth-order valence-electron chi connectivity index (χ4n) is 1.49. The fraction of sp³-hybridized carbons (Fsp3) is 0.154. The molecule has 0 aliphatic rings. The van der Waals surface area contributed by atoms with Crippen LogP contribution < -0.4 is 5.32 Å². The minimum atomic E-state index is -0.394. The highest BCUT2D eigenvalue weighted by Gasteiger charge is 2.04. The molecule has 1 heterocycles. The number of non-ortho nitro benzene ring substituents is 1. The molecule has 0 atom stereocenters. The number of hydrogen-bond acceptors (Lipinski definition) is 5. The molecule has 0 radical (unpaired) electrons. The van der Waals surface area contributed by atoms with E-state index in [4.69, 9.17) is 0 Å². The first kappa shape index (κ1) is 13.4. The van der Waals surface area contributed by atoms with Gasteiger partial charge < -0.3 is 5.32 Å². The number of thioether (sulfide) groups is 1. The minimum Gasteiger partial charge on any atom is -0.373 e. The van der Waals surface area contributed by atoms with E-state index in [1.807, 2.05) is 25.4 Å². The lowest BCUT2D eigenvalue weighted by Crippen LogP contribution is -1.92. The predicted octanol–water partition coefficient (Wildman–Crippen LogP) is 3.32. The monoisotopic (exact) mass is 275 g/mol. The number of aromatic nitrogens is 1. The predicted molar refractivity (Wildman–Crippen MR) is 76.4 cm³/mol. The summed E-state index contributed by atoms with van der Waals surface area (Å²) in [7, 11) is 1.83. The van der Waals surface area contributed by atoms with E-state index in [9.17, 15) is 10.1 Å². The summed E-state index contributed by atoms with van der Waals surface area (Å²) >= 11 is 1.62. The van der Waals surface area contributed by atoms with Crippen molar-refractivity contribution in [3.63, 3.8) is 0 Å². The van der Waals surface area contributed by atoms with E-state index in [1.165, 1.54) is 12.1 Å². The first-order chi connectivity index (χ1) is 9.19. The second kappa shape index (κ2) is 6.19. The third kappa shape index (κ3) is 3.69. The molecule has 19 heavy (non-hydrogen) atoms. The normalized spacial score (nSPS) is 10.2. The van der Waals surface area contributed by atoms with Crippen LogP contribution in [0.2, 0.25) is 0 Å². The molecule has 5 nitrogen and oxygen atoms in total. The van der Waals surface area contributed by atoms with E-state index in [0.717, 1.165) is 22.0 Å². The number of nitro benzene ring substituents is 1. The van der Waals surface area contributed by atoms with Gasteiger partial charge in [0.05, 0.1) is 4.92 Å². The van der Waals surface area contributed by atoms with Gasteiger partial charge in [0.1, 0.15) is 5.82 Å². The molecule has 0 aliphatic carbocycles. The zero-order valence-electron chi connectivity index (χ0n) is 10.4. The largest absolute Gasteiger partial charge is 0.373 e. The van der Waals surface area contributed by atoms with Crippen LogP contribution in [0.5, 0.6) is 0 Å². The molecule has 0 spiro atoms. The lowest BCUT2D eigenvalue weighted by Gasteiger charge is -2.03. The standard InChI is InChI=1S/C13H13N3O2S/c1-14-13-7-2-10(8-15-13)9-19-12-5-3-11(4-6-12)16(17)18/h2-8H,9H2,1H3,(H,14,15). The van der Waals surface area contributed by atoms with Crippen LogP contribution in [0.1, 0.15) is 5.56 Å². The van der Waals surface area contributed by atoms with Crippen molar-refractivity contribution in [1.29, 1.82) is 0 Å². The van der Waals surface area contributed by atoms with Gasteiger partial charge in [-0.1, -0.05) is 6.07 Å². The highest BCUT2D eigenvalue weighted by molar-refractivity contribution is 7.98. The third-order valence-electron chi connectivity index (χ3n) is 2.53.